The molecule has 0 N–H and O–H groups in total. The molecule has 3 aromatic carbocycles. The van der Waals surface area contributed by atoms with Crippen molar-refractivity contribution in [3.63, 3.8) is 0 Å². The number of fused-ring (bicyclic) bond motifs is 2. The van der Waals surface area contributed by atoms with Crippen molar-refractivity contribution in [3.8, 4) is 0 Å². The highest BCUT2D eigenvalue weighted by Crippen LogP contribution is 2.65. The molecule has 1 aliphatic carbocycles. The third-order valence-corrected chi connectivity index (χ3v) is 11.3. The van der Waals surface area contributed by atoms with Crippen LogP contribution in [0, 0.1) is 23.1 Å². The van der Waals surface area contributed by atoms with Gasteiger partial charge in [-0.2, -0.15) is 0 Å². The Hall–Kier alpha value is -3.06. The summed E-state index contributed by atoms with van der Waals surface area (Å²) < 4.78 is 32.7. The lowest BCUT2D eigenvalue weighted by molar-refractivity contribution is -0.138. The smallest absolute Gasteiger partial charge is 0.330 e. The molecule has 0 radical (unpaired) electrons. The molecule has 2 fully saturated rings. The van der Waals surface area contributed by atoms with Crippen LogP contribution < -0.4 is 10.4 Å². The predicted octanol–water partition coefficient (Wildman–Crippen LogP) is 5.19. The molecule has 0 spiro atoms. The van der Waals surface area contributed by atoms with E-state index in [0.29, 0.717) is 19.6 Å². The zero-order valence-electron chi connectivity index (χ0n) is 23.8. The minimum atomic E-state index is -2.00. The second-order valence-electron chi connectivity index (χ2n) is 12.3. The van der Waals surface area contributed by atoms with E-state index in [2.05, 4.69) is 69.3 Å². The highest BCUT2D eigenvalue weighted by molar-refractivity contribution is 6.80. The Morgan fingerprint density at radius 3 is 2.15 bits per heavy atom. The van der Waals surface area contributed by atoms with E-state index in [1.807, 2.05) is 30.3 Å². The Kier molecular flexibility index (Phi) is 8.14. The highest BCUT2D eigenvalue weighted by atomic mass is 28.3. The van der Waals surface area contributed by atoms with Gasteiger partial charge >= 0.3 is 5.97 Å². The molecule has 6 heteroatoms. The van der Waals surface area contributed by atoms with Gasteiger partial charge in [-0.15, -0.1) is 0 Å². The first-order valence-corrected chi connectivity index (χ1v) is 15.7. The van der Waals surface area contributed by atoms with E-state index < -0.39 is 14.6 Å². The number of hydrogen-bond acceptors (Lipinski definition) is 4. The maximum atomic E-state index is 14.0. The number of hydrogen-bond donors (Lipinski definition) is 0. The number of halogens is 1. The van der Waals surface area contributed by atoms with Gasteiger partial charge in [0, 0.05) is 11.5 Å². The Labute approximate surface area is 238 Å². The van der Waals surface area contributed by atoms with E-state index in [9.17, 15) is 9.18 Å². The summed E-state index contributed by atoms with van der Waals surface area (Å²) in [5.74, 6) is -0.298. The van der Waals surface area contributed by atoms with Crippen molar-refractivity contribution in [1.82, 2.24) is 0 Å². The zero-order valence-corrected chi connectivity index (χ0v) is 25.0. The van der Waals surface area contributed by atoms with Gasteiger partial charge in [0.05, 0.1) is 25.9 Å². The van der Waals surface area contributed by atoms with Crippen LogP contribution in [0.25, 0.3) is 0 Å². The Morgan fingerprint density at radius 2 is 1.60 bits per heavy atom. The van der Waals surface area contributed by atoms with E-state index in [0.717, 1.165) is 12.0 Å². The lowest BCUT2D eigenvalue weighted by atomic mass is 9.62. The number of allylic oxidation sites excluding steroid dienone is 1. The van der Waals surface area contributed by atoms with Crippen LogP contribution in [0.15, 0.2) is 97.1 Å². The molecular formula is C34H39FO4Si. The second-order valence-corrected chi connectivity index (χ2v) is 14.7. The molecule has 5 rings (SSSR count). The van der Waals surface area contributed by atoms with Crippen molar-refractivity contribution >= 4 is 25.4 Å². The molecule has 3 aromatic rings. The fourth-order valence-corrected chi connectivity index (χ4v) is 9.76. The van der Waals surface area contributed by atoms with E-state index in [1.165, 1.54) is 23.6 Å². The summed E-state index contributed by atoms with van der Waals surface area (Å²) in [6, 6.07) is 27.9. The molecule has 0 aromatic heterocycles. The Morgan fingerprint density at radius 1 is 1.00 bits per heavy atom. The SMILES string of the molecule is COC(=O)/C=C/C[C@H]1[C@H](C(C)(C)C)[C@]2(CO[SiH](c3ccccc3)c3ccccc3)C[C@@]1(c1ccc(F)cc1)CO2. The van der Waals surface area contributed by atoms with Crippen LogP contribution in [0.4, 0.5) is 4.39 Å². The van der Waals surface area contributed by atoms with Gasteiger partial charge in [-0.3, -0.25) is 0 Å². The largest absolute Gasteiger partial charge is 0.466 e. The zero-order chi connectivity index (χ0) is 28.4. The van der Waals surface area contributed by atoms with E-state index in [1.54, 1.807) is 12.1 Å². The van der Waals surface area contributed by atoms with Crippen molar-refractivity contribution in [2.24, 2.45) is 17.3 Å². The molecule has 2 bridgehead atoms. The molecule has 0 amide bonds. The number of benzene rings is 3. The van der Waals surface area contributed by atoms with Gasteiger partial charge < -0.3 is 13.9 Å². The minimum Gasteiger partial charge on any atom is -0.466 e. The van der Waals surface area contributed by atoms with Crippen molar-refractivity contribution in [3.05, 3.63) is 108 Å². The monoisotopic (exact) mass is 558 g/mol. The van der Waals surface area contributed by atoms with Crippen molar-refractivity contribution in [2.75, 3.05) is 20.3 Å². The maximum absolute atomic E-state index is 14.0. The molecular weight excluding hydrogens is 519 g/mol. The first-order chi connectivity index (χ1) is 19.2. The summed E-state index contributed by atoms with van der Waals surface area (Å²) >= 11 is 0. The quantitative estimate of drug-likeness (QED) is 0.206. The van der Waals surface area contributed by atoms with E-state index in [4.69, 9.17) is 13.9 Å². The van der Waals surface area contributed by atoms with Crippen LogP contribution in [0.5, 0.6) is 0 Å². The molecule has 4 nitrogen and oxygen atoms in total. The van der Waals surface area contributed by atoms with Crippen LogP contribution >= 0.6 is 0 Å². The van der Waals surface area contributed by atoms with Crippen LogP contribution in [-0.2, 0) is 24.1 Å². The van der Waals surface area contributed by atoms with Crippen LogP contribution in [0.3, 0.4) is 0 Å². The Balaban J connectivity index is 1.54. The number of rotatable bonds is 9. The lowest BCUT2D eigenvalue weighted by Gasteiger charge is -2.49. The molecule has 1 aliphatic heterocycles. The van der Waals surface area contributed by atoms with Gasteiger partial charge in [0.15, 0.2) is 0 Å². The predicted molar refractivity (Wildman–Crippen MR) is 159 cm³/mol. The summed E-state index contributed by atoms with van der Waals surface area (Å²) in [7, 11) is -0.604. The summed E-state index contributed by atoms with van der Waals surface area (Å²) in [4.78, 5) is 11.9. The van der Waals surface area contributed by atoms with Gasteiger partial charge in [0.25, 0.3) is 0 Å². The lowest BCUT2D eigenvalue weighted by Crippen LogP contribution is -2.54. The van der Waals surface area contributed by atoms with E-state index in [-0.39, 0.29) is 34.5 Å². The van der Waals surface area contributed by atoms with Gasteiger partial charge in [-0.25, -0.2) is 9.18 Å². The number of esters is 1. The number of carbonyl (C=O) groups is 1. The number of methoxy groups -OCH3 is 1. The summed E-state index contributed by atoms with van der Waals surface area (Å²) in [5, 5.41) is 2.46. The molecule has 4 atom stereocenters. The highest BCUT2D eigenvalue weighted by Gasteiger charge is 2.69. The summed E-state index contributed by atoms with van der Waals surface area (Å²) in [6.45, 7) is 7.82. The molecule has 0 unspecified atom stereocenters. The molecule has 40 heavy (non-hydrogen) atoms. The standard InChI is InChI=1S/C34H39FO4Si/c1-32(2,3)31-29(16-11-17-30(36)37-4)33(25-18-20-26(35)21-19-25)22-34(31,38-23-33)24-39-40(27-12-7-5-8-13-27)28-14-9-6-10-15-28/h5-15,17-21,29,31,40H,16,22-24H2,1-4H3/b17-11+/t29-,31+,33-,34+/m0/s1. The van der Waals surface area contributed by atoms with Gasteiger partial charge in [-0.1, -0.05) is 99.6 Å². The third-order valence-electron chi connectivity index (χ3n) is 8.81. The van der Waals surface area contributed by atoms with Crippen molar-refractivity contribution < 1.29 is 23.1 Å². The van der Waals surface area contributed by atoms with Crippen LogP contribution in [-0.4, -0.2) is 40.9 Å². The average Bonchev–Trinajstić information content (AvgIpc) is 3.47. The van der Waals surface area contributed by atoms with Crippen LogP contribution in [0.1, 0.15) is 39.2 Å². The van der Waals surface area contributed by atoms with Crippen molar-refractivity contribution in [2.45, 2.75) is 44.6 Å². The fourth-order valence-electron chi connectivity index (χ4n) is 7.39. The maximum Gasteiger partial charge on any atom is 0.330 e. The summed E-state index contributed by atoms with van der Waals surface area (Å²) in [5.41, 5.74) is 0.155. The topological polar surface area (TPSA) is 44.8 Å². The normalized spacial score (nSPS) is 26.1. The van der Waals surface area contributed by atoms with Gasteiger partial charge in [0.2, 0.25) is 9.04 Å². The first kappa shape index (κ1) is 28.5. The Bertz CT molecular complexity index is 1280. The second kappa shape index (κ2) is 11.4. The molecule has 2 aliphatic rings. The van der Waals surface area contributed by atoms with E-state index >= 15 is 0 Å². The van der Waals surface area contributed by atoms with Gasteiger partial charge in [-0.05, 0) is 58.2 Å². The molecule has 1 saturated heterocycles. The third kappa shape index (κ3) is 5.45. The number of carbonyl (C=O) groups excluding carboxylic acids is 1. The fraction of sp³-hybridized carbons (Fsp3) is 0.382. The van der Waals surface area contributed by atoms with Crippen LogP contribution in [0.2, 0.25) is 0 Å². The minimum absolute atomic E-state index is 0.105. The number of ether oxygens (including phenoxy) is 2. The van der Waals surface area contributed by atoms with Crippen molar-refractivity contribution in [1.29, 1.82) is 0 Å². The summed E-state index contributed by atoms with van der Waals surface area (Å²) in [6.07, 6.45) is 4.93. The molecule has 1 heterocycles. The van der Waals surface area contributed by atoms with Gasteiger partial charge in [0.1, 0.15) is 5.82 Å². The molecule has 1 saturated carbocycles. The molecule has 210 valence electrons. The first-order valence-electron chi connectivity index (χ1n) is 14.0. The average molecular weight is 559 g/mol.